The predicted octanol–water partition coefficient (Wildman–Crippen LogP) is 3.08. The molecular formula is C19H23NO4. The van der Waals surface area contributed by atoms with E-state index in [1.165, 1.54) is 0 Å². The summed E-state index contributed by atoms with van der Waals surface area (Å²) in [6.07, 6.45) is 0.711. The van der Waals surface area contributed by atoms with Crippen LogP contribution in [0.2, 0.25) is 0 Å². The molecule has 2 aromatic rings. The van der Waals surface area contributed by atoms with Crippen LogP contribution in [-0.4, -0.2) is 33.3 Å². The molecule has 5 heteroatoms. The number of benzene rings is 2. The average molecular weight is 329 g/mol. The Labute approximate surface area is 142 Å². The first kappa shape index (κ1) is 17.7. The van der Waals surface area contributed by atoms with E-state index in [4.69, 9.17) is 14.2 Å². The molecule has 0 bridgehead atoms. The summed E-state index contributed by atoms with van der Waals surface area (Å²) in [5.74, 6) is 2.05. The van der Waals surface area contributed by atoms with E-state index in [2.05, 4.69) is 5.32 Å². The van der Waals surface area contributed by atoms with Gasteiger partial charge in [0.2, 0.25) is 0 Å². The molecule has 0 aromatic heterocycles. The Morgan fingerprint density at radius 2 is 1.71 bits per heavy atom. The van der Waals surface area contributed by atoms with Crippen molar-refractivity contribution in [2.24, 2.45) is 0 Å². The zero-order valence-electron chi connectivity index (χ0n) is 14.3. The maximum absolute atomic E-state index is 12.1. The minimum atomic E-state index is -0.0986. The Hall–Kier alpha value is -2.69. The maximum atomic E-state index is 12.1. The summed E-state index contributed by atoms with van der Waals surface area (Å²) in [6, 6.07) is 12.9. The van der Waals surface area contributed by atoms with E-state index in [0.717, 1.165) is 11.3 Å². The van der Waals surface area contributed by atoms with E-state index in [1.807, 2.05) is 25.1 Å². The number of nitrogens with one attached hydrogen (secondary N) is 1. The molecule has 0 aliphatic rings. The second-order valence-corrected chi connectivity index (χ2v) is 5.15. The number of hydrogen-bond acceptors (Lipinski definition) is 4. The summed E-state index contributed by atoms with van der Waals surface area (Å²) < 4.78 is 15.9. The number of rotatable bonds is 8. The van der Waals surface area contributed by atoms with Crippen molar-refractivity contribution in [1.29, 1.82) is 0 Å². The summed E-state index contributed by atoms with van der Waals surface area (Å²) >= 11 is 0. The lowest BCUT2D eigenvalue weighted by atomic mass is 10.1. The molecule has 1 amide bonds. The van der Waals surface area contributed by atoms with Gasteiger partial charge in [-0.05, 0) is 55.3 Å². The second-order valence-electron chi connectivity index (χ2n) is 5.15. The normalized spacial score (nSPS) is 10.1. The van der Waals surface area contributed by atoms with Gasteiger partial charge in [0.1, 0.15) is 5.75 Å². The molecule has 0 fully saturated rings. The zero-order chi connectivity index (χ0) is 17.4. The van der Waals surface area contributed by atoms with Gasteiger partial charge < -0.3 is 19.5 Å². The SMILES string of the molecule is CCOc1ccc(C(=O)NCCc2ccc(OC)c(OC)c2)cc1. The Balaban J connectivity index is 1.88. The molecule has 0 radical (unpaired) electrons. The molecule has 0 saturated heterocycles. The van der Waals surface area contributed by atoms with Crippen molar-refractivity contribution in [3.8, 4) is 17.2 Å². The summed E-state index contributed by atoms with van der Waals surface area (Å²) in [4.78, 5) is 12.1. The fraction of sp³-hybridized carbons (Fsp3) is 0.316. The number of carbonyl (C=O) groups is 1. The lowest BCUT2D eigenvalue weighted by molar-refractivity contribution is 0.0954. The Morgan fingerprint density at radius 3 is 2.33 bits per heavy atom. The molecule has 0 aliphatic heterocycles. The summed E-state index contributed by atoms with van der Waals surface area (Å²) in [7, 11) is 3.21. The first-order valence-electron chi connectivity index (χ1n) is 7.90. The average Bonchev–Trinajstić information content (AvgIpc) is 2.62. The lowest BCUT2D eigenvalue weighted by Crippen LogP contribution is -2.25. The number of methoxy groups -OCH3 is 2. The molecule has 0 unspecified atom stereocenters. The van der Waals surface area contributed by atoms with Gasteiger partial charge in [0.05, 0.1) is 20.8 Å². The quantitative estimate of drug-likeness (QED) is 0.809. The van der Waals surface area contributed by atoms with Gasteiger partial charge in [0, 0.05) is 12.1 Å². The van der Waals surface area contributed by atoms with Crippen molar-refractivity contribution < 1.29 is 19.0 Å². The first-order valence-corrected chi connectivity index (χ1v) is 7.90. The van der Waals surface area contributed by atoms with Gasteiger partial charge in [-0.1, -0.05) is 6.07 Å². The van der Waals surface area contributed by atoms with Crippen molar-refractivity contribution in [1.82, 2.24) is 5.32 Å². The van der Waals surface area contributed by atoms with Gasteiger partial charge in [-0.15, -0.1) is 0 Å². The van der Waals surface area contributed by atoms with E-state index in [9.17, 15) is 4.79 Å². The molecule has 2 aromatic carbocycles. The van der Waals surface area contributed by atoms with Crippen molar-refractivity contribution in [3.63, 3.8) is 0 Å². The van der Waals surface area contributed by atoms with E-state index in [0.29, 0.717) is 36.6 Å². The van der Waals surface area contributed by atoms with Crippen LogP contribution in [0.1, 0.15) is 22.8 Å². The van der Waals surface area contributed by atoms with E-state index in [-0.39, 0.29) is 5.91 Å². The molecule has 5 nitrogen and oxygen atoms in total. The molecule has 24 heavy (non-hydrogen) atoms. The van der Waals surface area contributed by atoms with Crippen molar-refractivity contribution >= 4 is 5.91 Å². The number of hydrogen-bond donors (Lipinski definition) is 1. The number of ether oxygens (including phenoxy) is 3. The first-order chi connectivity index (χ1) is 11.7. The van der Waals surface area contributed by atoms with Gasteiger partial charge in [0.15, 0.2) is 11.5 Å². The highest BCUT2D eigenvalue weighted by Gasteiger charge is 2.07. The molecular weight excluding hydrogens is 306 g/mol. The van der Waals surface area contributed by atoms with Gasteiger partial charge >= 0.3 is 0 Å². The van der Waals surface area contributed by atoms with Crippen LogP contribution in [0.15, 0.2) is 42.5 Å². The van der Waals surface area contributed by atoms with Crippen LogP contribution in [0.25, 0.3) is 0 Å². The van der Waals surface area contributed by atoms with Gasteiger partial charge in [-0.25, -0.2) is 0 Å². The summed E-state index contributed by atoms with van der Waals surface area (Å²) in [5.41, 5.74) is 1.69. The number of carbonyl (C=O) groups excluding carboxylic acids is 1. The van der Waals surface area contributed by atoms with E-state index in [1.54, 1.807) is 38.5 Å². The molecule has 0 heterocycles. The third-order valence-electron chi connectivity index (χ3n) is 3.57. The molecule has 0 aliphatic carbocycles. The summed E-state index contributed by atoms with van der Waals surface area (Å²) in [5, 5.41) is 2.91. The third kappa shape index (κ3) is 4.65. The van der Waals surface area contributed by atoms with Crippen molar-refractivity contribution in [3.05, 3.63) is 53.6 Å². The monoisotopic (exact) mass is 329 g/mol. The van der Waals surface area contributed by atoms with Crippen LogP contribution in [-0.2, 0) is 6.42 Å². The predicted molar refractivity (Wildman–Crippen MR) is 93.2 cm³/mol. The fourth-order valence-electron chi connectivity index (χ4n) is 2.33. The van der Waals surface area contributed by atoms with Crippen LogP contribution >= 0.6 is 0 Å². The molecule has 2 rings (SSSR count). The van der Waals surface area contributed by atoms with Crippen LogP contribution in [0.5, 0.6) is 17.2 Å². The Kier molecular flexibility index (Phi) is 6.49. The Morgan fingerprint density at radius 1 is 1.00 bits per heavy atom. The van der Waals surface area contributed by atoms with E-state index >= 15 is 0 Å². The highest BCUT2D eigenvalue weighted by Crippen LogP contribution is 2.27. The molecule has 0 saturated carbocycles. The van der Waals surface area contributed by atoms with Gasteiger partial charge in [-0.2, -0.15) is 0 Å². The largest absolute Gasteiger partial charge is 0.494 e. The van der Waals surface area contributed by atoms with Crippen molar-refractivity contribution in [2.75, 3.05) is 27.4 Å². The zero-order valence-corrected chi connectivity index (χ0v) is 14.3. The van der Waals surface area contributed by atoms with Crippen LogP contribution < -0.4 is 19.5 Å². The minimum Gasteiger partial charge on any atom is -0.494 e. The van der Waals surface area contributed by atoms with Gasteiger partial charge in [-0.3, -0.25) is 4.79 Å². The van der Waals surface area contributed by atoms with Crippen LogP contribution in [0.3, 0.4) is 0 Å². The highest BCUT2D eigenvalue weighted by atomic mass is 16.5. The smallest absolute Gasteiger partial charge is 0.251 e. The molecule has 0 atom stereocenters. The van der Waals surface area contributed by atoms with Crippen LogP contribution in [0.4, 0.5) is 0 Å². The molecule has 1 N–H and O–H groups in total. The maximum Gasteiger partial charge on any atom is 0.251 e. The lowest BCUT2D eigenvalue weighted by Gasteiger charge is -2.10. The fourth-order valence-corrected chi connectivity index (χ4v) is 2.33. The third-order valence-corrected chi connectivity index (χ3v) is 3.57. The van der Waals surface area contributed by atoms with Crippen molar-refractivity contribution in [2.45, 2.75) is 13.3 Å². The van der Waals surface area contributed by atoms with Crippen LogP contribution in [0, 0.1) is 0 Å². The summed E-state index contributed by atoms with van der Waals surface area (Å²) in [6.45, 7) is 3.08. The molecule has 128 valence electrons. The van der Waals surface area contributed by atoms with E-state index < -0.39 is 0 Å². The standard InChI is InChI=1S/C19H23NO4/c1-4-24-16-8-6-15(7-9-16)19(21)20-12-11-14-5-10-17(22-2)18(13-14)23-3/h5-10,13H,4,11-12H2,1-3H3,(H,20,21). The topological polar surface area (TPSA) is 56.8 Å². The second kappa shape index (κ2) is 8.82. The highest BCUT2D eigenvalue weighted by molar-refractivity contribution is 5.94. The minimum absolute atomic E-state index is 0.0986. The molecule has 0 spiro atoms. The van der Waals surface area contributed by atoms with Gasteiger partial charge in [0.25, 0.3) is 5.91 Å². The number of amides is 1. The Bertz CT molecular complexity index is 668.